The molecule has 0 unspecified atom stereocenters. The van der Waals surface area contributed by atoms with E-state index in [1.807, 2.05) is 19.9 Å². The van der Waals surface area contributed by atoms with Gasteiger partial charge in [0.2, 0.25) is 11.8 Å². The monoisotopic (exact) mass is 259 g/mol. The van der Waals surface area contributed by atoms with Gasteiger partial charge < -0.3 is 10.2 Å². The number of hydrogen-bond acceptors (Lipinski definition) is 3. The molecule has 100 valence electrons. The number of rotatable bonds is 5. The molecule has 19 heavy (non-hydrogen) atoms. The van der Waals surface area contributed by atoms with Gasteiger partial charge in [0.15, 0.2) is 0 Å². The molecule has 0 radical (unpaired) electrons. The number of carbonyl (C=O) groups is 2. The third-order valence-electron chi connectivity index (χ3n) is 2.73. The molecule has 5 heteroatoms. The summed E-state index contributed by atoms with van der Waals surface area (Å²) in [5.41, 5.74) is 1.11. The van der Waals surface area contributed by atoms with Gasteiger partial charge in [-0.3, -0.25) is 9.59 Å². The fourth-order valence-electron chi connectivity index (χ4n) is 1.66. The van der Waals surface area contributed by atoms with Gasteiger partial charge in [-0.25, -0.2) is 0 Å². The lowest BCUT2D eigenvalue weighted by Gasteiger charge is -2.18. The molecule has 0 atom stereocenters. The Labute approximate surface area is 112 Å². The summed E-state index contributed by atoms with van der Waals surface area (Å²) in [6, 6.07) is 8.50. The van der Waals surface area contributed by atoms with Gasteiger partial charge in [0, 0.05) is 18.8 Å². The van der Waals surface area contributed by atoms with Crippen LogP contribution in [0.2, 0.25) is 0 Å². The SMILES string of the molecule is CCN(CC)C(=O)CC(=O)Nc1ccc(C#N)cc1. The molecule has 0 bridgehead atoms. The highest BCUT2D eigenvalue weighted by Gasteiger charge is 2.14. The molecular weight excluding hydrogens is 242 g/mol. The summed E-state index contributed by atoms with van der Waals surface area (Å²) in [5.74, 6) is -0.530. The second-order valence-corrected chi connectivity index (χ2v) is 3.98. The fraction of sp³-hybridized carbons (Fsp3) is 0.357. The van der Waals surface area contributed by atoms with Crippen LogP contribution in [-0.4, -0.2) is 29.8 Å². The number of anilines is 1. The van der Waals surface area contributed by atoms with E-state index in [1.54, 1.807) is 29.2 Å². The molecular formula is C14H17N3O2. The molecule has 2 amide bonds. The van der Waals surface area contributed by atoms with Gasteiger partial charge in [-0.05, 0) is 38.1 Å². The van der Waals surface area contributed by atoms with Crippen LogP contribution in [0.4, 0.5) is 5.69 Å². The zero-order valence-corrected chi connectivity index (χ0v) is 11.1. The van der Waals surface area contributed by atoms with Crippen LogP contribution in [0.25, 0.3) is 0 Å². The minimum Gasteiger partial charge on any atom is -0.343 e. The first-order chi connectivity index (χ1) is 9.10. The van der Waals surface area contributed by atoms with Gasteiger partial charge in [0.1, 0.15) is 6.42 Å². The molecule has 0 saturated heterocycles. The van der Waals surface area contributed by atoms with Crippen molar-refractivity contribution in [3.8, 4) is 6.07 Å². The summed E-state index contributed by atoms with van der Waals surface area (Å²) in [6.45, 7) is 4.94. The van der Waals surface area contributed by atoms with Gasteiger partial charge in [-0.15, -0.1) is 0 Å². The van der Waals surface area contributed by atoms with E-state index in [4.69, 9.17) is 5.26 Å². The van der Waals surface area contributed by atoms with Gasteiger partial charge >= 0.3 is 0 Å². The maximum Gasteiger partial charge on any atom is 0.233 e. The normalized spacial score (nSPS) is 9.53. The van der Waals surface area contributed by atoms with Gasteiger partial charge in [-0.1, -0.05) is 0 Å². The Balaban J connectivity index is 2.55. The van der Waals surface area contributed by atoms with Crippen molar-refractivity contribution in [2.24, 2.45) is 0 Å². The van der Waals surface area contributed by atoms with Crippen LogP contribution in [0.5, 0.6) is 0 Å². The Kier molecular flexibility index (Phi) is 5.55. The molecule has 0 aliphatic carbocycles. The first kappa shape index (κ1) is 14.7. The van der Waals surface area contributed by atoms with Crippen LogP contribution >= 0.6 is 0 Å². The first-order valence-corrected chi connectivity index (χ1v) is 6.18. The molecule has 1 aromatic rings. The lowest BCUT2D eigenvalue weighted by Crippen LogP contribution is -2.33. The van der Waals surface area contributed by atoms with Crippen molar-refractivity contribution in [2.45, 2.75) is 20.3 Å². The second kappa shape index (κ2) is 7.17. The van der Waals surface area contributed by atoms with Crippen molar-refractivity contribution in [1.29, 1.82) is 5.26 Å². The van der Waals surface area contributed by atoms with Crippen LogP contribution in [0.1, 0.15) is 25.8 Å². The number of benzene rings is 1. The number of nitrogens with one attached hydrogen (secondary N) is 1. The lowest BCUT2D eigenvalue weighted by molar-refractivity contribution is -0.134. The quantitative estimate of drug-likeness (QED) is 0.819. The smallest absolute Gasteiger partial charge is 0.233 e. The van der Waals surface area contributed by atoms with Crippen LogP contribution < -0.4 is 5.32 Å². The first-order valence-electron chi connectivity index (χ1n) is 6.18. The van der Waals surface area contributed by atoms with Crippen LogP contribution in [0.15, 0.2) is 24.3 Å². The Morgan fingerprint density at radius 1 is 1.21 bits per heavy atom. The van der Waals surface area contributed by atoms with Crippen molar-refractivity contribution >= 4 is 17.5 Å². The zero-order valence-electron chi connectivity index (χ0n) is 11.1. The summed E-state index contributed by atoms with van der Waals surface area (Å²) in [6.07, 6.45) is -0.165. The molecule has 0 fully saturated rings. The summed E-state index contributed by atoms with van der Waals surface area (Å²) in [7, 11) is 0. The molecule has 1 N–H and O–H groups in total. The Morgan fingerprint density at radius 2 is 1.79 bits per heavy atom. The number of nitrogens with zero attached hydrogens (tertiary/aromatic N) is 2. The largest absolute Gasteiger partial charge is 0.343 e. The topological polar surface area (TPSA) is 73.2 Å². The molecule has 0 spiro atoms. The predicted molar refractivity (Wildman–Crippen MR) is 72.3 cm³/mol. The van der Waals surface area contributed by atoms with E-state index in [0.717, 1.165) is 0 Å². The van der Waals surface area contributed by atoms with Gasteiger partial charge in [0.25, 0.3) is 0 Å². The van der Waals surface area contributed by atoms with Crippen molar-refractivity contribution < 1.29 is 9.59 Å². The molecule has 0 saturated carbocycles. The molecule has 0 aliphatic heterocycles. The van der Waals surface area contributed by atoms with E-state index in [9.17, 15) is 9.59 Å². The maximum absolute atomic E-state index is 11.7. The summed E-state index contributed by atoms with van der Waals surface area (Å²) >= 11 is 0. The number of hydrogen-bond donors (Lipinski definition) is 1. The fourth-order valence-corrected chi connectivity index (χ4v) is 1.66. The maximum atomic E-state index is 11.7. The highest BCUT2D eigenvalue weighted by Crippen LogP contribution is 2.09. The molecule has 0 aliphatic rings. The molecule has 5 nitrogen and oxygen atoms in total. The molecule has 1 aromatic carbocycles. The Morgan fingerprint density at radius 3 is 2.26 bits per heavy atom. The summed E-state index contributed by atoms with van der Waals surface area (Å²) < 4.78 is 0. The zero-order chi connectivity index (χ0) is 14.3. The van der Waals surface area contributed by atoms with E-state index in [1.165, 1.54) is 0 Å². The Bertz CT molecular complexity index is 484. The third kappa shape index (κ3) is 4.43. The molecule has 0 heterocycles. The van der Waals surface area contributed by atoms with Crippen molar-refractivity contribution in [2.75, 3.05) is 18.4 Å². The van der Waals surface area contributed by atoms with Crippen molar-refractivity contribution in [1.82, 2.24) is 4.90 Å². The lowest BCUT2D eigenvalue weighted by atomic mass is 10.2. The summed E-state index contributed by atoms with van der Waals surface area (Å²) in [4.78, 5) is 25.0. The minimum atomic E-state index is -0.346. The highest BCUT2D eigenvalue weighted by atomic mass is 16.2. The van der Waals surface area contributed by atoms with Gasteiger partial charge in [-0.2, -0.15) is 5.26 Å². The van der Waals surface area contributed by atoms with E-state index in [-0.39, 0.29) is 18.2 Å². The molecule has 1 rings (SSSR count). The van der Waals surface area contributed by atoms with E-state index < -0.39 is 0 Å². The van der Waals surface area contributed by atoms with Crippen LogP contribution in [0, 0.1) is 11.3 Å². The van der Waals surface area contributed by atoms with Crippen LogP contribution in [-0.2, 0) is 9.59 Å². The standard InChI is InChI=1S/C14H17N3O2/c1-3-17(4-2)14(19)9-13(18)16-12-7-5-11(10-15)6-8-12/h5-8H,3-4,9H2,1-2H3,(H,16,18). The average Bonchev–Trinajstić information content (AvgIpc) is 2.40. The van der Waals surface area contributed by atoms with Crippen molar-refractivity contribution in [3.63, 3.8) is 0 Å². The minimum absolute atomic E-state index is 0.165. The predicted octanol–water partition coefficient (Wildman–Crippen LogP) is 1.76. The summed E-state index contributed by atoms with van der Waals surface area (Å²) in [5, 5.41) is 11.3. The average molecular weight is 259 g/mol. The van der Waals surface area contributed by atoms with E-state index >= 15 is 0 Å². The molecule has 0 aromatic heterocycles. The second-order valence-electron chi connectivity index (χ2n) is 3.98. The highest BCUT2D eigenvalue weighted by molar-refractivity contribution is 6.03. The third-order valence-corrected chi connectivity index (χ3v) is 2.73. The van der Waals surface area contributed by atoms with E-state index in [2.05, 4.69) is 5.32 Å². The number of amides is 2. The Hall–Kier alpha value is -2.35. The van der Waals surface area contributed by atoms with E-state index in [0.29, 0.717) is 24.3 Å². The number of carbonyl (C=O) groups excluding carboxylic acids is 2. The number of nitriles is 1. The van der Waals surface area contributed by atoms with Crippen molar-refractivity contribution in [3.05, 3.63) is 29.8 Å². The van der Waals surface area contributed by atoms with Gasteiger partial charge in [0.05, 0.1) is 11.6 Å². The van der Waals surface area contributed by atoms with Crippen LogP contribution in [0.3, 0.4) is 0 Å².